The van der Waals surface area contributed by atoms with E-state index in [1.54, 1.807) is 36.7 Å². The van der Waals surface area contributed by atoms with Gasteiger partial charge in [-0.3, -0.25) is 0 Å². The van der Waals surface area contributed by atoms with Crippen LogP contribution in [0, 0.1) is 23.3 Å². The van der Waals surface area contributed by atoms with E-state index >= 15 is 8.78 Å². The molecule has 250 valence electrons. The molecular formula is C35H25F9N2O2. The number of hydrogen-bond acceptors (Lipinski definition) is 4. The minimum atomic E-state index is -5.39. The fourth-order valence-corrected chi connectivity index (χ4v) is 4.88. The third-order valence-corrected chi connectivity index (χ3v) is 7.25. The normalized spacial score (nSPS) is 11.9. The summed E-state index contributed by atoms with van der Waals surface area (Å²) in [5, 5.41) is 0. The maximum Gasteiger partial charge on any atom is 0.573 e. The van der Waals surface area contributed by atoms with Gasteiger partial charge in [-0.1, -0.05) is 50.1 Å². The number of nitrogens with zero attached hydrogens (tertiary/aromatic N) is 2. The molecule has 1 aromatic heterocycles. The Morgan fingerprint density at radius 3 is 1.79 bits per heavy atom. The third-order valence-electron chi connectivity index (χ3n) is 7.25. The fourth-order valence-electron chi connectivity index (χ4n) is 4.88. The van der Waals surface area contributed by atoms with Crippen LogP contribution in [0.3, 0.4) is 0 Å². The van der Waals surface area contributed by atoms with E-state index in [2.05, 4.69) is 26.4 Å². The number of aryl methyl sites for hydroxylation is 1. The van der Waals surface area contributed by atoms with Crippen molar-refractivity contribution in [3.8, 4) is 45.1 Å². The molecule has 0 aliphatic carbocycles. The SMILES string of the molecule is CCCCCc1cnc(-c2ccc(-c3ccc(C(F)(F)Oc4ccc(-c5cc(F)c(OC(F)(F)F)c(F)c5)c(F)c4)c(F)c3)cc2)nc1. The number of benzene rings is 4. The van der Waals surface area contributed by atoms with Crippen molar-refractivity contribution >= 4 is 0 Å². The van der Waals surface area contributed by atoms with Gasteiger partial charge in [0.2, 0.25) is 5.75 Å². The lowest BCUT2D eigenvalue weighted by atomic mass is 10.0. The average Bonchev–Trinajstić information content (AvgIpc) is 3.02. The zero-order chi connectivity index (χ0) is 34.6. The lowest BCUT2D eigenvalue weighted by molar-refractivity contribution is -0.276. The van der Waals surface area contributed by atoms with Crippen LogP contribution >= 0.6 is 0 Å². The van der Waals surface area contributed by atoms with Crippen LogP contribution in [0.25, 0.3) is 33.6 Å². The zero-order valence-electron chi connectivity index (χ0n) is 25.0. The molecule has 4 aromatic carbocycles. The van der Waals surface area contributed by atoms with Crippen LogP contribution in [0.1, 0.15) is 37.3 Å². The molecule has 0 aliphatic rings. The zero-order valence-corrected chi connectivity index (χ0v) is 25.0. The smallest absolute Gasteiger partial charge is 0.429 e. The van der Waals surface area contributed by atoms with E-state index in [0.29, 0.717) is 35.2 Å². The summed E-state index contributed by atoms with van der Waals surface area (Å²) in [5.74, 6) is -8.19. The van der Waals surface area contributed by atoms with Gasteiger partial charge >= 0.3 is 12.5 Å². The second-order valence-electron chi connectivity index (χ2n) is 10.7. The Morgan fingerprint density at radius 1 is 0.604 bits per heavy atom. The van der Waals surface area contributed by atoms with Crippen molar-refractivity contribution in [1.82, 2.24) is 9.97 Å². The second kappa shape index (κ2) is 14.0. The summed E-state index contributed by atoms with van der Waals surface area (Å²) in [5.41, 5.74) is 0.298. The molecule has 0 fully saturated rings. The first-order chi connectivity index (χ1) is 22.7. The van der Waals surface area contributed by atoms with Crippen molar-refractivity contribution in [2.45, 2.75) is 45.1 Å². The molecule has 0 aliphatic heterocycles. The van der Waals surface area contributed by atoms with Gasteiger partial charge in [0.1, 0.15) is 17.4 Å². The number of rotatable bonds is 11. The molecule has 0 unspecified atom stereocenters. The van der Waals surface area contributed by atoms with Gasteiger partial charge in [0, 0.05) is 29.6 Å². The van der Waals surface area contributed by atoms with E-state index in [9.17, 15) is 30.7 Å². The molecule has 0 saturated heterocycles. The van der Waals surface area contributed by atoms with Crippen LogP contribution in [0.5, 0.6) is 11.5 Å². The van der Waals surface area contributed by atoms with E-state index in [0.717, 1.165) is 55.5 Å². The van der Waals surface area contributed by atoms with Crippen LogP contribution in [0.4, 0.5) is 39.5 Å². The fraction of sp³-hybridized carbons (Fsp3) is 0.200. The van der Waals surface area contributed by atoms with Gasteiger partial charge in [-0.05, 0) is 71.5 Å². The molecule has 0 amide bonds. The minimum absolute atomic E-state index is 0.285. The predicted octanol–water partition coefficient (Wildman–Crippen LogP) is 10.8. The Balaban J connectivity index is 1.29. The van der Waals surface area contributed by atoms with Crippen molar-refractivity contribution in [3.05, 3.63) is 120 Å². The van der Waals surface area contributed by atoms with E-state index in [4.69, 9.17) is 0 Å². The Morgan fingerprint density at radius 2 is 1.21 bits per heavy atom. The quantitative estimate of drug-likeness (QED) is 0.103. The molecule has 1 heterocycles. The molecule has 5 rings (SSSR count). The Labute approximate surface area is 268 Å². The van der Waals surface area contributed by atoms with Crippen molar-refractivity contribution < 1.29 is 49.0 Å². The third kappa shape index (κ3) is 8.07. The number of aromatic nitrogens is 2. The summed E-state index contributed by atoms with van der Waals surface area (Å²) >= 11 is 0. The number of halogens is 9. The van der Waals surface area contributed by atoms with E-state index < -0.39 is 63.9 Å². The monoisotopic (exact) mass is 676 g/mol. The summed E-state index contributed by atoms with van der Waals surface area (Å²) in [6, 6.07) is 12.6. The highest BCUT2D eigenvalue weighted by molar-refractivity contribution is 5.68. The first-order valence-corrected chi connectivity index (χ1v) is 14.6. The highest BCUT2D eigenvalue weighted by Crippen LogP contribution is 2.38. The number of hydrogen-bond donors (Lipinski definition) is 0. The van der Waals surface area contributed by atoms with Gasteiger partial charge in [0.05, 0.1) is 5.56 Å². The summed E-state index contributed by atoms with van der Waals surface area (Å²) in [7, 11) is 0. The molecule has 0 spiro atoms. The van der Waals surface area contributed by atoms with Gasteiger partial charge in [-0.15, -0.1) is 13.2 Å². The van der Waals surface area contributed by atoms with Crippen LogP contribution < -0.4 is 9.47 Å². The topological polar surface area (TPSA) is 44.2 Å². The Hall–Kier alpha value is -5.07. The minimum Gasteiger partial charge on any atom is -0.429 e. The lowest BCUT2D eigenvalue weighted by Crippen LogP contribution is -2.23. The number of alkyl halides is 5. The molecule has 0 bridgehead atoms. The summed E-state index contributed by atoms with van der Waals surface area (Å²) < 4.78 is 133. The summed E-state index contributed by atoms with van der Waals surface area (Å²) in [6.45, 7) is 2.12. The Kier molecular flexibility index (Phi) is 9.97. The first kappa shape index (κ1) is 34.3. The van der Waals surface area contributed by atoms with Gasteiger partial charge < -0.3 is 9.47 Å². The molecule has 13 heteroatoms. The average molecular weight is 677 g/mol. The maximum absolute atomic E-state index is 15.0. The van der Waals surface area contributed by atoms with Gasteiger partial charge in [0.15, 0.2) is 17.5 Å². The highest BCUT2D eigenvalue weighted by atomic mass is 19.4. The molecule has 4 nitrogen and oxygen atoms in total. The molecule has 0 atom stereocenters. The summed E-state index contributed by atoms with van der Waals surface area (Å²) in [4.78, 5) is 8.81. The van der Waals surface area contributed by atoms with Gasteiger partial charge in [-0.2, -0.15) is 8.78 Å². The largest absolute Gasteiger partial charge is 0.573 e. The van der Waals surface area contributed by atoms with Crippen molar-refractivity contribution in [1.29, 1.82) is 0 Å². The van der Waals surface area contributed by atoms with Crippen molar-refractivity contribution in [2.24, 2.45) is 0 Å². The van der Waals surface area contributed by atoms with Crippen LogP contribution in [0.2, 0.25) is 0 Å². The summed E-state index contributed by atoms with van der Waals surface area (Å²) in [6.07, 6.45) is -1.97. The van der Waals surface area contributed by atoms with E-state index in [1.165, 1.54) is 6.07 Å². The maximum atomic E-state index is 15.0. The van der Waals surface area contributed by atoms with Crippen LogP contribution in [-0.2, 0) is 12.5 Å². The molecule has 48 heavy (non-hydrogen) atoms. The van der Waals surface area contributed by atoms with E-state index in [1.807, 2.05) is 0 Å². The first-order valence-electron chi connectivity index (χ1n) is 14.6. The highest BCUT2D eigenvalue weighted by Gasteiger charge is 2.38. The second-order valence-corrected chi connectivity index (χ2v) is 10.7. The van der Waals surface area contributed by atoms with Gasteiger partial charge in [0.25, 0.3) is 0 Å². The van der Waals surface area contributed by atoms with Crippen molar-refractivity contribution in [2.75, 3.05) is 0 Å². The van der Waals surface area contributed by atoms with Crippen LogP contribution in [0.15, 0.2) is 85.2 Å². The number of ether oxygens (including phenoxy) is 2. The number of unbranched alkanes of at least 4 members (excludes halogenated alkanes) is 2. The molecule has 0 saturated carbocycles. The predicted molar refractivity (Wildman–Crippen MR) is 159 cm³/mol. The van der Waals surface area contributed by atoms with Gasteiger partial charge in [-0.25, -0.2) is 27.5 Å². The molecule has 0 N–H and O–H groups in total. The standard InChI is InChI=1S/C35H25F9N2O2/c1-2-3-4-5-20-18-45-33(46-19-20)22-8-6-21(7-9-22)23-10-13-27(29(37)14-23)34(40,41)47-25-11-12-26(28(36)17-25)24-15-30(38)32(31(39)16-24)48-35(42,43)44/h6-19H,2-5H2,1H3. The van der Waals surface area contributed by atoms with Crippen molar-refractivity contribution in [3.63, 3.8) is 0 Å². The molecule has 0 radical (unpaired) electrons. The van der Waals surface area contributed by atoms with Crippen LogP contribution in [-0.4, -0.2) is 16.3 Å². The Bertz CT molecular complexity index is 1870. The lowest BCUT2D eigenvalue weighted by Gasteiger charge is -2.20. The molecule has 5 aromatic rings. The van der Waals surface area contributed by atoms with E-state index in [-0.39, 0.29) is 5.56 Å². The molecular weight excluding hydrogens is 651 g/mol.